The van der Waals surface area contributed by atoms with Crippen LogP contribution in [0.15, 0.2) is 12.1 Å². The molecule has 0 aliphatic carbocycles. The normalized spacial score (nSPS) is 15.8. The van der Waals surface area contributed by atoms with Crippen LogP contribution < -0.4 is 5.73 Å². The average molecular weight is 245 g/mol. The Hall–Kier alpha value is -1.03. The summed E-state index contributed by atoms with van der Waals surface area (Å²) in [6, 6.07) is 2.63. The number of aryl methyl sites for hydroxylation is 1. The number of hydrogen-bond acceptors (Lipinski definition) is 1. The summed E-state index contributed by atoms with van der Waals surface area (Å²) in [5.74, 6) is -2.16. The average Bonchev–Trinajstić information content (AvgIpc) is 2.23. The van der Waals surface area contributed by atoms with E-state index >= 15 is 0 Å². The van der Waals surface area contributed by atoms with Gasteiger partial charge in [0.05, 0.1) is 0 Å². The van der Waals surface area contributed by atoms with Crippen molar-refractivity contribution in [2.45, 2.75) is 33.4 Å². The molecule has 17 heavy (non-hydrogen) atoms. The van der Waals surface area contributed by atoms with Gasteiger partial charge in [-0.1, -0.05) is 32.9 Å². The summed E-state index contributed by atoms with van der Waals surface area (Å²) < 4.78 is 42.1. The Morgan fingerprint density at radius 3 is 2.06 bits per heavy atom. The third-order valence-corrected chi connectivity index (χ3v) is 3.17. The van der Waals surface area contributed by atoms with Gasteiger partial charge >= 0.3 is 0 Å². The quantitative estimate of drug-likeness (QED) is 0.848. The highest BCUT2D eigenvalue weighted by molar-refractivity contribution is 5.32. The van der Waals surface area contributed by atoms with Crippen molar-refractivity contribution in [3.8, 4) is 0 Å². The van der Waals surface area contributed by atoms with E-state index in [0.717, 1.165) is 0 Å². The molecular formula is C13H18F3N. The van der Waals surface area contributed by atoms with Crippen LogP contribution >= 0.6 is 0 Å². The van der Waals surface area contributed by atoms with Gasteiger partial charge < -0.3 is 5.73 Å². The molecule has 1 aromatic carbocycles. The number of hydrogen-bond donors (Lipinski definition) is 1. The van der Waals surface area contributed by atoms with Gasteiger partial charge in [-0.3, -0.25) is 0 Å². The first kappa shape index (κ1) is 14.0. The second-order valence-corrected chi connectivity index (χ2v) is 5.31. The maximum Gasteiger partial charge on any atom is 0.165 e. The van der Waals surface area contributed by atoms with Crippen molar-refractivity contribution in [2.24, 2.45) is 11.1 Å². The molecule has 1 rings (SSSR count). The Bertz CT molecular complexity index is 423. The summed E-state index contributed by atoms with van der Waals surface area (Å²) in [7, 11) is 0. The molecule has 96 valence electrons. The van der Waals surface area contributed by atoms with Crippen molar-refractivity contribution in [3.63, 3.8) is 0 Å². The Morgan fingerprint density at radius 1 is 1.12 bits per heavy atom. The van der Waals surface area contributed by atoms with E-state index in [9.17, 15) is 13.2 Å². The molecule has 4 heteroatoms. The van der Waals surface area contributed by atoms with Crippen LogP contribution in [0.1, 0.15) is 31.9 Å². The highest BCUT2D eigenvalue weighted by atomic mass is 19.2. The molecule has 1 atom stereocenters. The Kier molecular flexibility index (Phi) is 3.58. The van der Waals surface area contributed by atoms with E-state index in [1.165, 1.54) is 19.1 Å². The van der Waals surface area contributed by atoms with Gasteiger partial charge in [-0.05, 0) is 12.5 Å². The minimum atomic E-state index is -2.09. The van der Waals surface area contributed by atoms with Crippen LogP contribution in [-0.4, -0.2) is 6.54 Å². The SMILES string of the molecule is Cc1ccc(C(F)(CN)C(C)(C)C)c(F)c1F. The van der Waals surface area contributed by atoms with Crippen LogP contribution in [-0.2, 0) is 5.67 Å². The molecule has 0 saturated heterocycles. The van der Waals surface area contributed by atoms with Crippen LogP contribution in [0.2, 0.25) is 0 Å². The van der Waals surface area contributed by atoms with Crippen LogP contribution in [0.5, 0.6) is 0 Å². The summed E-state index contributed by atoms with van der Waals surface area (Å²) in [4.78, 5) is 0. The van der Waals surface area contributed by atoms with E-state index < -0.39 is 29.3 Å². The lowest BCUT2D eigenvalue weighted by Gasteiger charge is -2.37. The smallest absolute Gasteiger partial charge is 0.165 e. The van der Waals surface area contributed by atoms with Crippen molar-refractivity contribution < 1.29 is 13.2 Å². The lowest BCUT2D eigenvalue weighted by Crippen LogP contribution is -2.43. The zero-order valence-corrected chi connectivity index (χ0v) is 10.6. The number of rotatable bonds is 2. The molecule has 2 N–H and O–H groups in total. The fourth-order valence-corrected chi connectivity index (χ4v) is 1.77. The van der Waals surface area contributed by atoms with E-state index in [0.29, 0.717) is 0 Å². The van der Waals surface area contributed by atoms with Gasteiger partial charge in [-0.15, -0.1) is 0 Å². The number of nitrogens with two attached hydrogens (primary N) is 1. The molecule has 0 fully saturated rings. The summed E-state index contributed by atoms with van der Waals surface area (Å²) in [6.07, 6.45) is 0. The highest BCUT2D eigenvalue weighted by Gasteiger charge is 2.45. The number of alkyl halides is 1. The van der Waals surface area contributed by atoms with Crippen molar-refractivity contribution in [1.82, 2.24) is 0 Å². The molecule has 0 radical (unpaired) electrons. The van der Waals surface area contributed by atoms with E-state index in [-0.39, 0.29) is 11.1 Å². The summed E-state index contributed by atoms with van der Waals surface area (Å²) in [5.41, 5.74) is 2.26. The lowest BCUT2D eigenvalue weighted by atomic mass is 9.73. The first-order valence-electron chi connectivity index (χ1n) is 5.49. The van der Waals surface area contributed by atoms with Crippen molar-refractivity contribution in [1.29, 1.82) is 0 Å². The molecule has 0 amide bonds. The lowest BCUT2D eigenvalue weighted by molar-refractivity contribution is 0.0300. The van der Waals surface area contributed by atoms with Gasteiger partial charge in [0.1, 0.15) is 0 Å². The molecule has 0 saturated carbocycles. The zero-order chi connectivity index (χ0) is 13.4. The fraction of sp³-hybridized carbons (Fsp3) is 0.538. The summed E-state index contributed by atoms with van der Waals surface area (Å²) in [6.45, 7) is 5.86. The van der Waals surface area contributed by atoms with Crippen LogP contribution in [0.25, 0.3) is 0 Å². The van der Waals surface area contributed by atoms with Crippen LogP contribution in [0.4, 0.5) is 13.2 Å². The van der Waals surface area contributed by atoms with Crippen molar-refractivity contribution in [2.75, 3.05) is 6.54 Å². The van der Waals surface area contributed by atoms with Gasteiger partial charge in [-0.25, -0.2) is 13.2 Å². The van der Waals surface area contributed by atoms with Gasteiger partial charge in [0.15, 0.2) is 17.3 Å². The van der Waals surface area contributed by atoms with Crippen molar-refractivity contribution >= 4 is 0 Å². The standard InChI is InChI=1S/C13H18F3N/c1-8-5-6-9(11(15)10(8)14)13(16,7-17)12(2,3)4/h5-6H,7,17H2,1-4H3. The number of halogens is 3. The topological polar surface area (TPSA) is 26.0 Å². The van der Waals surface area contributed by atoms with E-state index in [1.807, 2.05) is 0 Å². The Labute approximate surface area is 99.8 Å². The first-order chi connectivity index (χ1) is 7.65. The maximum atomic E-state index is 14.8. The predicted octanol–water partition coefficient (Wildman–Crippen LogP) is 3.44. The molecular weight excluding hydrogens is 227 g/mol. The maximum absolute atomic E-state index is 14.8. The van der Waals surface area contributed by atoms with Crippen LogP contribution in [0.3, 0.4) is 0 Å². The molecule has 1 nitrogen and oxygen atoms in total. The third kappa shape index (κ3) is 2.18. The van der Waals surface area contributed by atoms with Crippen molar-refractivity contribution in [3.05, 3.63) is 34.9 Å². The minimum Gasteiger partial charge on any atom is -0.327 e. The van der Waals surface area contributed by atoms with E-state index in [1.54, 1.807) is 20.8 Å². The monoisotopic (exact) mass is 245 g/mol. The molecule has 0 bridgehead atoms. The minimum absolute atomic E-state index is 0.152. The van der Waals surface area contributed by atoms with Gasteiger partial charge in [0.25, 0.3) is 0 Å². The van der Waals surface area contributed by atoms with Gasteiger partial charge in [0, 0.05) is 17.5 Å². The molecule has 1 aromatic rings. The summed E-state index contributed by atoms with van der Waals surface area (Å²) >= 11 is 0. The highest BCUT2D eigenvalue weighted by Crippen LogP contribution is 2.43. The zero-order valence-electron chi connectivity index (χ0n) is 10.6. The van der Waals surface area contributed by atoms with E-state index in [4.69, 9.17) is 5.73 Å². The van der Waals surface area contributed by atoms with Gasteiger partial charge in [0.2, 0.25) is 0 Å². The van der Waals surface area contributed by atoms with E-state index in [2.05, 4.69) is 0 Å². The molecule has 0 aliphatic heterocycles. The number of benzene rings is 1. The Balaban J connectivity index is 3.47. The molecule has 0 heterocycles. The second-order valence-electron chi connectivity index (χ2n) is 5.31. The summed E-state index contributed by atoms with van der Waals surface area (Å²) in [5, 5.41) is 0. The van der Waals surface area contributed by atoms with Crippen LogP contribution in [0, 0.1) is 24.0 Å². The predicted molar refractivity (Wildman–Crippen MR) is 62.4 cm³/mol. The van der Waals surface area contributed by atoms with Gasteiger partial charge in [-0.2, -0.15) is 0 Å². The molecule has 1 unspecified atom stereocenters. The first-order valence-corrected chi connectivity index (χ1v) is 5.49. The fourth-order valence-electron chi connectivity index (χ4n) is 1.77. The molecule has 0 aliphatic rings. The third-order valence-electron chi connectivity index (χ3n) is 3.17. The second kappa shape index (κ2) is 4.33. The molecule has 0 spiro atoms. The molecule has 0 aromatic heterocycles. The largest absolute Gasteiger partial charge is 0.327 e. The Morgan fingerprint density at radius 2 is 1.65 bits per heavy atom.